The maximum atomic E-state index is 12.9. The fourth-order valence-corrected chi connectivity index (χ4v) is 4.00. The first-order valence-electron chi connectivity index (χ1n) is 8.35. The molecule has 1 aliphatic heterocycles. The molecule has 0 unspecified atom stereocenters. The van der Waals surface area contributed by atoms with Crippen molar-refractivity contribution in [1.29, 1.82) is 0 Å². The lowest BCUT2D eigenvalue weighted by Gasteiger charge is -2.23. The first-order chi connectivity index (χ1) is 12.1. The molecule has 0 atom stereocenters. The van der Waals surface area contributed by atoms with Crippen LogP contribution in [0.3, 0.4) is 0 Å². The summed E-state index contributed by atoms with van der Waals surface area (Å²) in [4.78, 5) is 24.0. The lowest BCUT2D eigenvalue weighted by molar-refractivity contribution is -0.129. The van der Waals surface area contributed by atoms with E-state index in [-0.39, 0.29) is 18.3 Å². The smallest absolute Gasteiger partial charge is 0.352 e. The van der Waals surface area contributed by atoms with Crippen LogP contribution in [0.4, 0.5) is 0 Å². The van der Waals surface area contributed by atoms with E-state index >= 15 is 0 Å². The molecule has 0 aliphatic carbocycles. The Labute approximate surface area is 170 Å². The Hall–Kier alpha value is -0.973. The Morgan fingerprint density at radius 3 is 2.65 bits per heavy atom. The normalized spacial score (nSPS) is 15.1. The minimum Gasteiger partial charge on any atom is -0.477 e. The lowest BCUT2D eigenvalue weighted by Crippen LogP contribution is -2.35. The average Bonchev–Trinajstić information content (AvgIpc) is 2.85. The first-order valence-corrected chi connectivity index (χ1v) is 13.6. The van der Waals surface area contributed by atoms with Crippen LogP contribution in [-0.2, 0) is 16.3 Å². The number of hydrogen-bond acceptors (Lipinski definition) is 4. The van der Waals surface area contributed by atoms with Gasteiger partial charge in [-0.25, -0.2) is 9.80 Å². The maximum Gasteiger partial charge on any atom is 0.352 e. The summed E-state index contributed by atoms with van der Waals surface area (Å²) in [5.41, 5.74) is 0.402. The number of hydrogen-bond donors (Lipinski definition) is 1. The Morgan fingerprint density at radius 2 is 2.04 bits per heavy atom. The molecule has 0 saturated carbocycles. The average molecular weight is 509 g/mol. The van der Waals surface area contributed by atoms with Crippen LogP contribution in [0.2, 0.25) is 25.7 Å². The summed E-state index contributed by atoms with van der Waals surface area (Å²) < 4.78 is 8.93. The van der Waals surface area contributed by atoms with Gasteiger partial charge in [-0.1, -0.05) is 19.6 Å². The zero-order valence-electron chi connectivity index (χ0n) is 15.1. The molecule has 26 heavy (non-hydrogen) atoms. The van der Waals surface area contributed by atoms with Gasteiger partial charge in [0.15, 0.2) is 0 Å². The zero-order chi connectivity index (χ0) is 19.5. The molecular weight excluding hydrogens is 486 g/mol. The van der Waals surface area contributed by atoms with Crippen LogP contribution in [0.5, 0.6) is 0 Å². The van der Waals surface area contributed by atoms with Crippen LogP contribution in [0, 0.1) is 0 Å². The third kappa shape index (κ3) is 5.51. The standard InChI is InChI=1S/C16H23Br2N3O4Si/c1-26(2,3)8-7-25-10-20-13(9-11(17)14(20)18)15(22)21-6-4-5-12(19-21)16(23)24/h9H,4-8,10H2,1-3H3,(H,23,24). The highest BCUT2D eigenvalue weighted by atomic mass is 79.9. The van der Waals surface area contributed by atoms with E-state index < -0.39 is 14.0 Å². The second kappa shape index (κ2) is 8.81. The van der Waals surface area contributed by atoms with Crippen molar-refractivity contribution in [3.05, 3.63) is 20.8 Å². The van der Waals surface area contributed by atoms with Crippen molar-refractivity contribution in [2.75, 3.05) is 13.2 Å². The fourth-order valence-electron chi connectivity index (χ4n) is 2.40. The molecule has 1 aromatic rings. The van der Waals surface area contributed by atoms with Crippen molar-refractivity contribution in [3.8, 4) is 0 Å². The number of nitrogens with zero attached hydrogens (tertiary/aromatic N) is 3. The van der Waals surface area contributed by atoms with E-state index in [0.29, 0.717) is 36.3 Å². The quantitative estimate of drug-likeness (QED) is 0.445. The van der Waals surface area contributed by atoms with Crippen LogP contribution in [0.1, 0.15) is 23.3 Å². The third-order valence-corrected chi connectivity index (χ3v) is 7.63. The summed E-state index contributed by atoms with van der Waals surface area (Å²) in [5, 5.41) is 14.3. The topological polar surface area (TPSA) is 84.1 Å². The molecule has 1 N–H and O–H groups in total. The molecule has 144 valence electrons. The van der Waals surface area contributed by atoms with Crippen LogP contribution in [0.25, 0.3) is 0 Å². The monoisotopic (exact) mass is 507 g/mol. The van der Waals surface area contributed by atoms with Gasteiger partial charge in [-0.2, -0.15) is 5.10 Å². The van der Waals surface area contributed by atoms with Gasteiger partial charge >= 0.3 is 5.97 Å². The van der Waals surface area contributed by atoms with Gasteiger partial charge in [0.1, 0.15) is 22.7 Å². The predicted molar refractivity (Wildman–Crippen MR) is 109 cm³/mol. The summed E-state index contributed by atoms with van der Waals surface area (Å²) >= 11 is 6.88. The second-order valence-electron chi connectivity index (χ2n) is 7.33. The highest BCUT2D eigenvalue weighted by Crippen LogP contribution is 2.29. The first kappa shape index (κ1) is 21.3. The van der Waals surface area contributed by atoms with E-state index in [1.54, 1.807) is 10.6 Å². The number of aromatic nitrogens is 1. The van der Waals surface area contributed by atoms with E-state index in [4.69, 9.17) is 9.84 Å². The van der Waals surface area contributed by atoms with Gasteiger partial charge in [0, 0.05) is 27.6 Å². The minimum absolute atomic E-state index is 0.00669. The van der Waals surface area contributed by atoms with Crippen molar-refractivity contribution < 1.29 is 19.4 Å². The van der Waals surface area contributed by atoms with E-state index in [0.717, 1.165) is 10.5 Å². The fraction of sp³-hybridized carbons (Fsp3) is 0.562. The highest BCUT2D eigenvalue weighted by Gasteiger charge is 2.27. The van der Waals surface area contributed by atoms with E-state index in [1.807, 2.05) is 0 Å². The SMILES string of the molecule is C[Si](C)(C)CCOCn1c(C(=O)N2CCCC(C(=O)O)=N2)cc(Br)c1Br. The number of carboxylic acid groups (broad SMARTS) is 1. The van der Waals surface area contributed by atoms with Crippen molar-refractivity contribution in [2.45, 2.75) is 45.3 Å². The summed E-state index contributed by atoms with van der Waals surface area (Å²) in [7, 11) is -1.19. The van der Waals surface area contributed by atoms with E-state index in [2.05, 4.69) is 56.6 Å². The van der Waals surface area contributed by atoms with Crippen molar-refractivity contribution in [2.24, 2.45) is 5.10 Å². The molecule has 0 saturated heterocycles. The molecule has 2 heterocycles. The van der Waals surface area contributed by atoms with Gasteiger partial charge in [0.25, 0.3) is 5.91 Å². The van der Waals surface area contributed by atoms with Crippen LogP contribution in [-0.4, -0.2) is 53.5 Å². The van der Waals surface area contributed by atoms with Gasteiger partial charge in [0.2, 0.25) is 0 Å². The predicted octanol–water partition coefficient (Wildman–Crippen LogP) is 4.00. The third-order valence-electron chi connectivity index (χ3n) is 3.93. The van der Waals surface area contributed by atoms with Crippen LogP contribution < -0.4 is 0 Å². The number of ether oxygens (including phenoxy) is 1. The Morgan fingerprint density at radius 1 is 1.35 bits per heavy atom. The lowest BCUT2D eigenvalue weighted by atomic mass is 10.2. The Balaban J connectivity index is 2.16. The summed E-state index contributed by atoms with van der Waals surface area (Å²) in [5.74, 6) is -1.43. The molecule has 1 amide bonds. The number of hydrazone groups is 1. The van der Waals surface area contributed by atoms with Gasteiger partial charge < -0.3 is 14.4 Å². The largest absolute Gasteiger partial charge is 0.477 e. The highest BCUT2D eigenvalue weighted by molar-refractivity contribution is 9.13. The molecule has 1 aliphatic rings. The minimum atomic E-state index is -1.19. The van der Waals surface area contributed by atoms with Crippen molar-refractivity contribution in [3.63, 3.8) is 0 Å². The second-order valence-corrected chi connectivity index (χ2v) is 14.6. The molecule has 0 radical (unpaired) electrons. The Kier molecular flexibility index (Phi) is 7.23. The number of aliphatic carboxylic acids is 1. The molecule has 0 bridgehead atoms. The number of halogens is 2. The number of carbonyl (C=O) groups is 2. The van der Waals surface area contributed by atoms with Crippen LogP contribution in [0.15, 0.2) is 20.2 Å². The van der Waals surface area contributed by atoms with Gasteiger partial charge in [-0.3, -0.25) is 4.79 Å². The van der Waals surface area contributed by atoms with E-state index in [1.165, 1.54) is 5.01 Å². The number of amides is 1. The number of carbonyl (C=O) groups excluding carboxylic acids is 1. The molecule has 0 fully saturated rings. The van der Waals surface area contributed by atoms with Gasteiger partial charge in [-0.05, 0) is 50.4 Å². The Bertz CT molecular complexity index is 728. The molecule has 2 rings (SSSR count). The van der Waals surface area contributed by atoms with Gasteiger partial charge in [-0.15, -0.1) is 0 Å². The summed E-state index contributed by atoms with van der Waals surface area (Å²) in [6, 6.07) is 2.73. The zero-order valence-corrected chi connectivity index (χ0v) is 19.3. The van der Waals surface area contributed by atoms with Crippen LogP contribution >= 0.6 is 31.9 Å². The molecule has 0 aromatic carbocycles. The summed E-state index contributed by atoms with van der Waals surface area (Å²) in [6.45, 7) is 8.11. The molecule has 7 nitrogen and oxygen atoms in total. The molecule has 10 heteroatoms. The summed E-state index contributed by atoms with van der Waals surface area (Å²) in [6.07, 6.45) is 0.944. The maximum absolute atomic E-state index is 12.9. The molecular formula is C16H23Br2N3O4Si. The van der Waals surface area contributed by atoms with Crippen molar-refractivity contribution >= 4 is 57.5 Å². The van der Waals surface area contributed by atoms with E-state index in [9.17, 15) is 9.59 Å². The molecule has 0 spiro atoms. The van der Waals surface area contributed by atoms with Gasteiger partial charge in [0.05, 0.1) is 4.47 Å². The number of carboxylic acids is 1. The number of rotatable bonds is 7. The van der Waals surface area contributed by atoms with Crippen molar-refractivity contribution in [1.82, 2.24) is 9.58 Å². The molecule has 1 aromatic heterocycles.